The number of allylic oxidation sites excluding steroid dienone is 4. The van der Waals surface area contributed by atoms with Gasteiger partial charge in [0.05, 0.1) is 0 Å². The van der Waals surface area contributed by atoms with Crippen LogP contribution in [-0.2, 0) is 27.2 Å². The molecule has 0 unspecified atom stereocenters. The summed E-state index contributed by atoms with van der Waals surface area (Å²) in [6.07, 6.45) is 6.05. The standard InChI is InChI=1S/C15H30O6P2/c1-13(2)9-8-10-14(3)11-12-15(22(16,18-4)19-5)23(17,20-6)21-7/h9,11,15H,8,10,12H2,1-7H3. The van der Waals surface area contributed by atoms with Crippen LogP contribution < -0.4 is 0 Å². The van der Waals surface area contributed by atoms with Gasteiger partial charge in [-0.2, -0.15) is 0 Å². The average Bonchev–Trinajstić information content (AvgIpc) is 2.53. The van der Waals surface area contributed by atoms with Crippen LogP contribution in [0.15, 0.2) is 23.3 Å². The molecule has 0 N–H and O–H groups in total. The van der Waals surface area contributed by atoms with Gasteiger partial charge in [0.25, 0.3) is 0 Å². The molecule has 0 aromatic carbocycles. The fourth-order valence-electron chi connectivity index (χ4n) is 2.06. The van der Waals surface area contributed by atoms with Gasteiger partial charge in [0.2, 0.25) is 0 Å². The summed E-state index contributed by atoms with van der Waals surface area (Å²) in [6.45, 7) is 6.08. The SMILES string of the molecule is COP(=O)(OC)C(CC=C(C)CCC=C(C)C)P(=O)(OC)OC. The molecule has 0 aliphatic carbocycles. The summed E-state index contributed by atoms with van der Waals surface area (Å²) in [7, 11) is -2.18. The van der Waals surface area contributed by atoms with Gasteiger partial charge < -0.3 is 18.1 Å². The lowest BCUT2D eigenvalue weighted by molar-refractivity contribution is 0.247. The molecule has 0 spiro atoms. The molecular weight excluding hydrogens is 338 g/mol. The normalized spacial score (nSPS) is 13.5. The van der Waals surface area contributed by atoms with E-state index in [1.54, 1.807) is 0 Å². The quantitative estimate of drug-likeness (QED) is 0.361. The number of rotatable bonds is 11. The summed E-state index contributed by atoms with van der Waals surface area (Å²) in [5, 5.41) is -1.00. The zero-order valence-corrected chi connectivity index (χ0v) is 17.0. The van der Waals surface area contributed by atoms with Gasteiger partial charge in [0.15, 0.2) is 5.40 Å². The van der Waals surface area contributed by atoms with E-state index >= 15 is 0 Å². The lowest BCUT2D eigenvalue weighted by Crippen LogP contribution is -2.14. The molecule has 0 aliphatic heterocycles. The first-order valence-electron chi connectivity index (χ1n) is 7.40. The van der Waals surface area contributed by atoms with Crippen molar-refractivity contribution in [3.63, 3.8) is 0 Å². The molecule has 0 bridgehead atoms. The van der Waals surface area contributed by atoms with Crippen molar-refractivity contribution in [2.45, 2.75) is 45.4 Å². The topological polar surface area (TPSA) is 71.1 Å². The van der Waals surface area contributed by atoms with Crippen molar-refractivity contribution < 1.29 is 27.2 Å². The van der Waals surface area contributed by atoms with Crippen molar-refractivity contribution in [3.8, 4) is 0 Å². The van der Waals surface area contributed by atoms with Gasteiger partial charge in [-0.15, -0.1) is 0 Å². The van der Waals surface area contributed by atoms with Crippen LogP contribution in [0.1, 0.15) is 40.0 Å². The zero-order valence-electron chi connectivity index (χ0n) is 15.2. The lowest BCUT2D eigenvalue weighted by Gasteiger charge is -2.28. The highest BCUT2D eigenvalue weighted by atomic mass is 31.2. The fraction of sp³-hybridized carbons (Fsp3) is 0.733. The predicted molar refractivity (Wildman–Crippen MR) is 94.1 cm³/mol. The summed E-state index contributed by atoms with van der Waals surface area (Å²) >= 11 is 0. The highest BCUT2D eigenvalue weighted by Crippen LogP contribution is 2.70. The molecule has 23 heavy (non-hydrogen) atoms. The van der Waals surface area contributed by atoms with Crippen LogP contribution in [0.3, 0.4) is 0 Å². The Bertz CT molecular complexity index is 466. The Hall–Kier alpha value is -0.220. The molecule has 0 saturated carbocycles. The summed E-state index contributed by atoms with van der Waals surface area (Å²) < 4.78 is 45.5. The monoisotopic (exact) mass is 368 g/mol. The van der Waals surface area contributed by atoms with Crippen molar-refractivity contribution in [2.24, 2.45) is 0 Å². The van der Waals surface area contributed by atoms with Gasteiger partial charge >= 0.3 is 15.2 Å². The number of hydrogen-bond donors (Lipinski definition) is 0. The molecule has 0 radical (unpaired) electrons. The van der Waals surface area contributed by atoms with Crippen molar-refractivity contribution >= 4 is 15.2 Å². The van der Waals surface area contributed by atoms with Crippen LogP contribution >= 0.6 is 15.2 Å². The molecule has 0 amide bonds. The smallest absolute Gasteiger partial charge is 0.311 e. The molecule has 0 atom stereocenters. The molecule has 0 aromatic rings. The third-order valence-corrected chi connectivity index (χ3v) is 9.13. The van der Waals surface area contributed by atoms with Gasteiger partial charge in [0.1, 0.15) is 0 Å². The Kier molecular flexibility index (Phi) is 10.5. The summed E-state index contributed by atoms with van der Waals surface area (Å²) in [5.41, 5.74) is 2.37. The first kappa shape index (κ1) is 22.8. The summed E-state index contributed by atoms with van der Waals surface area (Å²) in [6, 6.07) is 0. The summed E-state index contributed by atoms with van der Waals surface area (Å²) in [5.74, 6) is 0. The maximum absolute atomic E-state index is 12.7. The van der Waals surface area contributed by atoms with E-state index in [0.717, 1.165) is 18.4 Å². The first-order chi connectivity index (χ1) is 10.7. The molecule has 6 nitrogen and oxygen atoms in total. The summed E-state index contributed by atoms with van der Waals surface area (Å²) in [4.78, 5) is 0. The highest BCUT2D eigenvalue weighted by molar-refractivity contribution is 7.72. The molecule has 0 heterocycles. The van der Waals surface area contributed by atoms with Crippen LogP contribution in [0.2, 0.25) is 0 Å². The molecule has 0 saturated heterocycles. The molecule has 0 rings (SSSR count). The largest absolute Gasteiger partial charge is 0.345 e. The maximum atomic E-state index is 12.7. The van der Waals surface area contributed by atoms with Crippen LogP contribution in [0.5, 0.6) is 0 Å². The molecule has 0 aromatic heterocycles. The van der Waals surface area contributed by atoms with Crippen LogP contribution in [-0.4, -0.2) is 33.8 Å². The van der Waals surface area contributed by atoms with E-state index < -0.39 is 20.6 Å². The van der Waals surface area contributed by atoms with E-state index in [2.05, 4.69) is 19.9 Å². The van der Waals surface area contributed by atoms with Crippen LogP contribution in [0.4, 0.5) is 0 Å². The molecule has 0 aliphatic rings. The maximum Gasteiger partial charge on any atom is 0.345 e. The van der Waals surface area contributed by atoms with Crippen molar-refractivity contribution in [2.75, 3.05) is 28.4 Å². The van der Waals surface area contributed by atoms with E-state index in [9.17, 15) is 9.13 Å². The van der Waals surface area contributed by atoms with Gasteiger partial charge in [-0.25, -0.2) is 0 Å². The molecule has 136 valence electrons. The van der Waals surface area contributed by atoms with E-state index in [1.165, 1.54) is 34.0 Å². The lowest BCUT2D eigenvalue weighted by atomic mass is 10.1. The Morgan fingerprint density at radius 1 is 0.870 bits per heavy atom. The zero-order chi connectivity index (χ0) is 18.1. The van der Waals surface area contributed by atoms with E-state index in [4.69, 9.17) is 18.1 Å². The van der Waals surface area contributed by atoms with E-state index in [0.29, 0.717) is 0 Å². The highest BCUT2D eigenvalue weighted by Gasteiger charge is 2.48. The minimum absolute atomic E-state index is 0.221. The Balaban J connectivity index is 5.30. The molecular formula is C15H30O6P2. The number of hydrogen-bond acceptors (Lipinski definition) is 6. The van der Waals surface area contributed by atoms with Gasteiger partial charge in [-0.05, 0) is 40.0 Å². The van der Waals surface area contributed by atoms with Crippen molar-refractivity contribution in [1.29, 1.82) is 0 Å². The van der Waals surface area contributed by atoms with Crippen molar-refractivity contribution in [3.05, 3.63) is 23.3 Å². The minimum Gasteiger partial charge on any atom is -0.311 e. The van der Waals surface area contributed by atoms with Gasteiger partial charge in [-0.1, -0.05) is 23.3 Å². The van der Waals surface area contributed by atoms with Crippen LogP contribution in [0.25, 0.3) is 0 Å². The van der Waals surface area contributed by atoms with Gasteiger partial charge in [0, 0.05) is 28.4 Å². The Morgan fingerprint density at radius 2 is 1.30 bits per heavy atom. The molecule has 8 heteroatoms. The van der Waals surface area contributed by atoms with E-state index in [1.807, 2.05) is 13.0 Å². The molecule has 0 fully saturated rings. The van der Waals surface area contributed by atoms with Gasteiger partial charge in [-0.3, -0.25) is 9.13 Å². The second kappa shape index (κ2) is 10.6. The Labute approximate surface area is 140 Å². The predicted octanol–water partition coefficient (Wildman–Crippen LogP) is 5.37. The van der Waals surface area contributed by atoms with Crippen molar-refractivity contribution in [1.82, 2.24) is 0 Å². The first-order valence-corrected chi connectivity index (χ1v) is 10.6. The van der Waals surface area contributed by atoms with Crippen LogP contribution in [0, 0.1) is 0 Å². The minimum atomic E-state index is -3.61. The third-order valence-electron chi connectivity index (χ3n) is 3.52. The third kappa shape index (κ3) is 7.04. The second-order valence-electron chi connectivity index (χ2n) is 5.40. The second-order valence-corrected chi connectivity index (χ2v) is 10.7. The Morgan fingerprint density at radius 3 is 1.65 bits per heavy atom. The fourth-order valence-corrected chi connectivity index (χ4v) is 6.58. The van der Waals surface area contributed by atoms with E-state index in [-0.39, 0.29) is 6.42 Å². The average molecular weight is 368 g/mol.